The van der Waals surface area contributed by atoms with Crippen LogP contribution in [0.5, 0.6) is 0 Å². The summed E-state index contributed by atoms with van der Waals surface area (Å²) in [7, 11) is 0. The van der Waals surface area contributed by atoms with E-state index in [9.17, 15) is 13.6 Å². The van der Waals surface area contributed by atoms with Crippen molar-refractivity contribution in [3.63, 3.8) is 0 Å². The third-order valence-electron chi connectivity index (χ3n) is 2.72. The lowest BCUT2D eigenvalue weighted by Crippen LogP contribution is -2.35. The van der Waals surface area contributed by atoms with Gasteiger partial charge in [0.25, 0.3) is 5.91 Å². The molecule has 0 radical (unpaired) electrons. The predicted octanol–water partition coefficient (Wildman–Crippen LogP) is 2.07. The number of nitrogens with two attached hydrogens (primary N) is 1. The quantitative estimate of drug-likeness (QED) is 0.847. The molecule has 0 atom stereocenters. The lowest BCUT2D eigenvalue weighted by molar-refractivity contribution is 0.0930. The van der Waals surface area contributed by atoms with Crippen LogP contribution < -0.4 is 11.1 Å². The summed E-state index contributed by atoms with van der Waals surface area (Å²) in [5.74, 6) is -1.98. The summed E-state index contributed by atoms with van der Waals surface area (Å²) in [4.78, 5) is 11.7. The molecule has 0 saturated heterocycles. The summed E-state index contributed by atoms with van der Waals surface area (Å²) in [5, 5.41) is 2.59. The second-order valence-electron chi connectivity index (χ2n) is 5.01. The van der Waals surface area contributed by atoms with Crippen LogP contribution in [0.4, 0.5) is 8.78 Å². The average molecular weight is 256 g/mol. The first-order chi connectivity index (χ1) is 8.35. The first kappa shape index (κ1) is 14.6. The lowest BCUT2D eigenvalue weighted by Gasteiger charge is -2.24. The highest BCUT2D eigenvalue weighted by molar-refractivity contribution is 5.94. The number of hydrogen-bond donors (Lipinski definition) is 2. The minimum atomic E-state index is -0.731. The van der Waals surface area contributed by atoms with Gasteiger partial charge in [-0.1, -0.05) is 13.8 Å². The summed E-state index contributed by atoms with van der Waals surface area (Å²) in [5.41, 5.74) is 5.00. The molecule has 0 bridgehead atoms. The number of nitrogens with one attached hydrogen (secondary N) is 1. The summed E-state index contributed by atoms with van der Waals surface area (Å²) in [6, 6.07) is 2.81. The summed E-state index contributed by atoms with van der Waals surface area (Å²) >= 11 is 0. The highest BCUT2D eigenvalue weighted by Crippen LogP contribution is 2.18. The van der Waals surface area contributed by atoms with Gasteiger partial charge in [0, 0.05) is 6.54 Å². The van der Waals surface area contributed by atoms with Crippen LogP contribution >= 0.6 is 0 Å². The van der Waals surface area contributed by atoms with Crippen molar-refractivity contribution in [3.8, 4) is 0 Å². The highest BCUT2D eigenvalue weighted by Gasteiger charge is 2.19. The largest absolute Gasteiger partial charge is 0.351 e. The molecule has 1 amide bonds. The van der Waals surface area contributed by atoms with Crippen LogP contribution in [0.25, 0.3) is 0 Å². The SMILES string of the molecule is CC(C)(CCN)CNC(=O)c1cc(F)ccc1F. The molecule has 3 N–H and O–H groups in total. The zero-order valence-corrected chi connectivity index (χ0v) is 10.6. The minimum absolute atomic E-state index is 0.172. The van der Waals surface area contributed by atoms with Gasteiger partial charge in [-0.2, -0.15) is 0 Å². The standard InChI is InChI=1S/C13H18F2N2O/c1-13(2,5-6-16)8-17-12(18)10-7-9(14)3-4-11(10)15/h3-4,7H,5-6,8,16H2,1-2H3,(H,17,18). The van der Waals surface area contributed by atoms with Crippen molar-refractivity contribution in [2.45, 2.75) is 20.3 Å². The number of benzene rings is 1. The van der Waals surface area contributed by atoms with Gasteiger partial charge in [0.15, 0.2) is 0 Å². The van der Waals surface area contributed by atoms with E-state index in [1.54, 1.807) is 0 Å². The Morgan fingerprint density at radius 1 is 1.39 bits per heavy atom. The Morgan fingerprint density at radius 3 is 2.67 bits per heavy atom. The molecule has 18 heavy (non-hydrogen) atoms. The van der Waals surface area contributed by atoms with Gasteiger partial charge in [-0.25, -0.2) is 8.78 Å². The van der Waals surface area contributed by atoms with Crippen molar-refractivity contribution < 1.29 is 13.6 Å². The second-order valence-corrected chi connectivity index (χ2v) is 5.01. The number of hydrogen-bond acceptors (Lipinski definition) is 2. The van der Waals surface area contributed by atoms with E-state index in [2.05, 4.69) is 5.32 Å². The highest BCUT2D eigenvalue weighted by atomic mass is 19.1. The zero-order valence-electron chi connectivity index (χ0n) is 10.6. The fraction of sp³-hybridized carbons (Fsp3) is 0.462. The van der Waals surface area contributed by atoms with E-state index >= 15 is 0 Å². The molecular weight excluding hydrogens is 238 g/mol. The van der Waals surface area contributed by atoms with E-state index in [4.69, 9.17) is 5.73 Å². The van der Waals surface area contributed by atoms with Crippen LogP contribution in [0.3, 0.4) is 0 Å². The minimum Gasteiger partial charge on any atom is -0.351 e. The van der Waals surface area contributed by atoms with Crippen molar-refractivity contribution in [1.29, 1.82) is 0 Å². The fourth-order valence-electron chi connectivity index (χ4n) is 1.57. The summed E-state index contributed by atoms with van der Waals surface area (Å²) in [6.45, 7) is 4.76. The van der Waals surface area contributed by atoms with E-state index in [-0.39, 0.29) is 11.0 Å². The monoisotopic (exact) mass is 256 g/mol. The molecule has 0 aliphatic carbocycles. The summed E-state index contributed by atoms with van der Waals surface area (Å²) in [6.07, 6.45) is 0.735. The number of amides is 1. The Labute approximate surface area is 105 Å². The molecule has 0 aliphatic heterocycles. The molecule has 0 fully saturated rings. The van der Waals surface area contributed by atoms with Gasteiger partial charge in [-0.15, -0.1) is 0 Å². The molecule has 1 aromatic carbocycles. The normalized spacial score (nSPS) is 11.4. The first-order valence-electron chi connectivity index (χ1n) is 5.79. The molecule has 0 unspecified atom stereocenters. The first-order valence-corrected chi connectivity index (χ1v) is 5.79. The van der Waals surface area contributed by atoms with Crippen molar-refractivity contribution >= 4 is 5.91 Å². The van der Waals surface area contributed by atoms with Gasteiger partial charge >= 0.3 is 0 Å². The van der Waals surface area contributed by atoms with Gasteiger partial charge in [-0.05, 0) is 36.6 Å². The van der Waals surface area contributed by atoms with E-state index in [1.807, 2.05) is 13.8 Å². The van der Waals surface area contributed by atoms with Gasteiger partial charge in [0.1, 0.15) is 11.6 Å². The lowest BCUT2D eigenvalue weighted by atomic mass is 9.89. The van der Waals surface area contributed by atoms with Crippen LogP contribution in [-0.2, 0) is 0 Å². The number of halogens is 2. The predicted molar refractivity (Wildman–Crippen MR) is 66.1 cm³/mol. The maximum atomic E-state index is 13.3. The Kier molecular flexibility index (Phi) is 4.78. The average Bonchev–Trinajstić information content (AvgIpc) is 2.29. The maximum Gasteiger partial charge on any atom is 0.254 e. The van der Waals surface area contributed by atoms with Crippen molar-refractivity contribution in [2.24, 2.45) is 11.1 Å². The Bertz CT molecular complexity index is 433. The molecule has 1 aromatic rings. The van der Waals surface area contributed by atoms with Crippen molar-refractivity contribution in [1.82, 2.24) is 5.32 Å². The molecular formula is C13H18F2N2O. The van der Waals surface area contributed by atoms with Crippen LogP contribution in [-0.4, -0.2) is 19.0 Å². The zero-order chi connectivity index (χ0) is 13.8. The molecule has 0 heterocycles. The van der Waals surface area contributed by atoms with E-state index < -0.39 is 17.5 Å². The molecule has 1 rings (SSSR count). The smallest absolute Gasteiger partial charge is 0.254 e. The van der Waals surface area contributed by atoms with Gasteiger partial charge < -0.3 is 11.1 Å². The van der Waals surface area contributed by atoms with E-state index in [1.165, 1.54) is 0 Å². The second kappa shape index (κ2) is 5.91. The van der Waals surface area contributed by atoms with Crippen molar-refractivity contribution in [2.75, 3.05) is 13.1 Å². The topological polar surface area (TPSA) is 55.1 Å². The third-order valence-corrected chi connectivity index (χ3v) is 2.72. The Hall–Kier alpha value is -1.49. The number of carbonyl (C=O) groups excluding carboxylic acids is 1. The summed E-state index contributed by atoms with van der Waals surface area (Å²) < 4.78 is 26.3. The maximum absolute atomic E-state index is 13.3. The van der Waals surface area contributed by atoms with E-state index in [0.717, 1.165) is 24.6 Å². The van der Waals surface area contributed by atoms with Gasteiger partial charge in [0.2, 0.25) is 0 Å². The Balaban J connectivity index is 2.69. The molecule has 5 heteroatoms. The van der Waals surface area contributed by atoms with E-state index in [0.29, 0.717) is 13.1 Å². The molecule has 0 spiro atoms. The fourth-order valence-corrected chi connectivity index (χ4v) is 1.57. The number of carbonyl (C=O) groups is 1. The van der Waals surface area contributed by atoms with Crippen molar-refractivity contribution in [3.05, 3.63) is 35.4 Å². The number of rotatable bonds is 5. The molecule has 3 nitrogen and oxygen atoms in total. The molecule has 0 aliphatic rings. The third kappa shape index (κ3) is 4.07. The Morgan fingerprint density at radius 2 is 2.06 bits per heavy atom. The molecule has 100 valence electrons. The van der Waals surface area contributed by atoms with Gasteiger partial charge in [0.05, 0.1) is 5.56 Å². The molecule has 0 aromatic heterocycles. The van der Waals surface area contributed by atoms with Crippen LogP contribution in [0.15, 0.2) is 18.2 Å². The van der Waals surface area contributed by atoms with Crippen LogP contribution in [0.2, 0.25) is 0 Å². The van der Waals surface area contributed by atoms with Crippen LogP contribution in [0.1, 0.15) is 30.6 Å². The van der Waals surface area contributed by atoms with Crippen LogP contribution in [0, 0.1) is 17.0 Å². The molecule has 0 saturated carbocycles. The van der Waals surface area contributed by atoms with Gasteiger partial charge in [-0.3, -0.25) is 4.79 Å².